The fraction of sp³-hybridized carbons (Fsp3) is 1.00. The average molecular weight is 207 g/mol. The summed E-state index contributed by atoms with van der Waals surface area (Å²) in [5, 5.41) is 0. The summed E-state index contributed by atoms with van der Waals surface area (Å²) >= 11 is 0. The third-order valence-electron chi connectivity index (χ3n) is 1.56. The van der Waals surface area contributed by atoms with Crippen molar-refractivity contribution < 1.29 is 0 Å². The van der Waals surface area contributed by atoms with E-state index in [0.717, 1.165) is 0 Å². The third-order valence-corrected chi connectivity index (χ3v) is 4.17. The third kappa shape index (κ3) is 6.21. The Morgan fingerprint density at radius 2 is 1.92 bits per heavy atom. The lowest BCUT2D eigenvalue weighted by Gasteiger charge is -2.28. The van der Waals surface area contributed by atoms with Crippen molar-refractivity contribution in [2.45, 2.75) is 31.9 Å². The van der Waals surface area contributed by atoms with E-state index >= 15 is 0 Å². The van der Waals surface area contributed by atoms with Crippen LogP contribution in [-0.4, -0.2) is 36.0 Å². The Bertz CT molecular complexity index is 115. The quantitative estimate of drug-likeness (QED) is 0.616. The van der Waals surface area contributed by atoms with Crippen LogP contribution in [0.3, 0.4) is 0 Å². The van der Waals surface area contributed by atoms with Crippen LogP contribution in [0.2, 0.25) is 0 Å². The molecule has 0 saturated carbocycles. The zero-order valence-corrected chi connectivity index (χ0v) is 10.5. The lowest BCUT2D eigenvalue weighted by atomic mass is 10.2. The van der Waals surface area contributed by atoms with Crippen molar-refractivity contribution in [3.05, 3.63) is 0 Å². The van der Waals surface area contributed by atoms with Crippen LogP contribution in [0.4, 0.5) is 0 Å². The van der Waals surface area contributed by atoms with E-state index in [9.17, 15) is 0 Å². The molecule has 0 heterocycles. The van der Waals surface area contributed by atoms with Crippen molar-refractivity contribution in [3.63, 3.8) is 0 Å². The molecule has 0 aliphatic heterocycles. The van der Waals surface area contributed by atoms with Gasteiger partial charge in [0.05, 0.1) is 0 Å². The molecule has 1 nitrogen and oxygen atoms in total. The average Bonchev–Trinajstić information content (AvgIpc) is 1.85. The van der Waals surface area contributed by atoms with Gasteiger partial charge in [0.25, 0.3) is 0 Å². The summed E-state index contributed by atoms with van der Waals surface area (Å²) in [6.45, 7) is 9.22. The van der Waals surface area contributed by atoms with E-state index in [-0.39, 0.29) is 0 Å². The van der Waals surface area contributed by atoms with E-state index in [2.05, 4.69) is 39.0 Å². The van der Waals surface area contributed by atoms with Crippen molar-refractivity contribution in [2.24, 2.45) is 0 Å². The molecule has 0 spiro atoms. The SMILES string of the molecule is CCCN(C)CC(C)(C)SSC. The first-order chi connectivity index (χ1) is 5.52. The van der Waals surface area contributed by atoms with Crippen LogP contribution in [0, 0.1) is 0 Å². The van der Waals surface area contributed by atoms with E-state index in [4.69, 9.17) is 0 Å². The van der Waals surface area contributed by atoms with E-state index in [1.165, 1.54) is 19.5 Å². The molecule has 0 N–H and O–H groups in total. The van der Waals surface area contributed by atoms with Gasteiger partial charge >= 0.3 is 0 Å². The molecule has 0 rings (SSSR count). The molecule has 0 bridgehead atoms. The summed E-state index contributed by atoms with van der Waals surface area (Å²) in [4.78, 5) is 2.41. The molecule has 0 aliphatic carbocycles. The number of hydrogen-bond acceptors (Lipinski definition) is 3. The van der Waals surface area contributed by atoms with E-state index in [1.54, 1.807) is 0 Å². The van der Waals surface area contributed by atoms with Crippen LogP contribution >= 0.6 is 21.6 Å². The molecular formula is C9H21NS2. The van der Waals surface area contributed by atoms with Gasteiger partial charge in [-0.05, 0) is 40.1 Å². The van der Waals surface area contributed by atoms with Crippen LogP contribution in [0.25, 0.3) is 0 Å². The Balaban J connectivity index is 3.70. The highest BCUT2D eigenvalue weighted by Crippen LogP contribution is 2.33. The van der Waals surface area contributed by atoms with Crippen molar-refractivity contribution in [1.82, 2.24) is 4.90 Å². The Labute approximate surface area is 85.1 Å². The number of rotatable bonds is 6. The van der Waals surface area contributed by atoms with E-state index in [0.29, 0.717) is 4.75 Å². The van der Waals surface area contributed by atoms with Crippen molar-refractivity contribution in [2.75, 3.05) is 26.4 Å². The Hall–Kier alpha value is 0.660. The van der Waals surface area contributed by atoms with Gasteiger partial charge in [0.1, 0.15) is 0 Å². The number of hydrogen-bond donors (Lipinski definition) is 0. The molecule has 0 saturated heterocycles. The van der Waals surface area contributed by atoms with Gasteiger partial charge in [-0.15, -0.1) is 0 Å². The van der Waals surface area contributed by atoms with Gasteiger partial charge in [-0.2, -0.15) is 0 Å². The molecule has 74 valence electrons. The lowest BCUT2D eigenvalue weighted by molar-refractivity contribution is 0.311. The fourth-order valence-electron chi connectivity index (χ4n) is 1.36. The predicted octanol–water partition coefficient (Wildman–Crippen LogP) is 3.12. The van der Waals surface area contributed by atoms with Gasteiger partial charge in [0.2, 0.25) is 0 Å². The molecular weight excluding hydrogens is 186 g/mol. The molecule has 0 unspecified atom stereocenters. The zero-order chi connectivity index (χ0) is 9.61. The zero-order valence-electron chi connectivity index (χ0n) is 8.89. The maximum absolute atomic E-state index is 2.41. The minimum Gasteiger partial charge on any atom is -0.305 e. The normalized spacial score (nSPS) is 12.5. The van der Waals surface area contributed by atoms with E-state index < -0.39 is 0 Å². The lowest BCUT2D eigenvalue weighted by Crippen LogP contribution is -2.33. The fourth-order valence-corrected chi connectivity index (χ4v) is 3.60. The first kappa shape index (κ1) is 12.7. The minimum absolute atomic E-state index is 0.378. The highest BCUT2D eigenvalue weighted by Gasteiger charge is 2.19. The summed E-state index contributed by atoms with van der Waals surface area (Å²) < 4.78 is 0.378. The maximum Gasteiger partial charge on any atom is 0.0334 e. The standard InChI is InChI=1S/C9H21NS2/c1-6-7-10(4)8-9(2,3)12-11-5/h6-8H2,1-5H3. The molecule has 0 aromatic heterocycles. The number of nitrogens with zero attached hydrogens (tertiary/aromatic N) is 1. The van der Waals surface area contributed by atoms with Crippen LogP contribution in [0.1, 0.15) is 27.2 Å². The van der Waals surface area contributed by atoms with Gasteiger partial charge in [-0.25, -0.2) is 0 Å². The van der Waals surface area contributed by atoms with Crippen molar-refractivity contribution in [3.8, 4) is 0 Å². The molecule has 0 aromatic carbocycles. The second-order valence-electron chi connectivity index (χ2n) is 3.75. The summed E-state index contributed by atoms with van der Waals surface area (Å²) in [5.41, 5.74) is 0. The predicted molar refractivity (Wildman–Crippen MR) is 63.0 cm³/mol. The van der Waals surface area contributed by atoms with Crippen molar-refractivity contribution in [1.29, 1.82) is 0 Å². The van der Waals surface area contributed by atoms with Gasteiger partial charge < -0.3 is 4.90 Å². The summed E-state index contributed by atoms with van der Waals surface area (Å²) in [5.74, 6) is 0. The topological polar surface area (TPSA) is 3.24 Å². The Kier molecular flexibility index (Phi) is 6.50. The first-order valence-corrected chi connectivity index (χ1v) is 6.98. The molecule has 12 heavy (non-hydrogen) atoms. The highest BCUT2D eigenvalue weighted by molar-refractivity contribution is 8.76. The van der Waals surface area contributed by atoms with Crippen LogP contribution in [0.5, 0.6) is 0 Å². The van der Waals surface area contributed by atoms with Crippen LogP contribution in [0.15, 0.2) is 0 Å². The minimum atomic E-state index is 0.378. The summed E-state index contributed by atoms with van der Waals surface area (Å²) in [7, 11) is 6.02. The summed E-state index contributed by atoms with van der Waals surface area (Å²) in [6.07, 6.45) is 3.39. The second kappa shape index (κ2) is 6.17. The van der Waals surface area contributed by atoms with Crippen LogP contribution < -0.4 is 0 Å². The van der Waals surface area contributed by atoms with Crippen LogP contribution in [-0.2, 0) is 0 Å². The monoisotopic (exact) mass is 207 g/mol. The van der Waals surface area contributed by atoms with Gasteiger partial charge in [0, 0.05) is 11.3 Å². The maximum atomic E-state index is 2.41. The molecule has 0 aliphatic rings. The molecule has 3 heteroatoms. The van der Waals surface area contributed by atoms with Gasteiger partial charge in [-0.1, -0.05) is 28.5 Å². The van der Waals surface area contributed by atoms with Gasteiger partial charge in [-0.3, -0.25) is 0 Å². The van der Waals surface area contributed by atoms with Gasteiger partial charge in [0.15, 0.2) is 0 Å². The molecule has 0 amide bonds. The molecule has 0 atom stereocenters. The second-order valence-corrected chi connectivity index (χ2v) is 6.85. The molecule has 0 fully saturated rings. The largest absolute Gasteiger partial charge is 0.305 e. The van der Waals surface area contributed by atoms with Crippen molar-refractivity contribution >= 4 is 21.6 Å². The Morgan fingerprint density at radius 1 is 1.33 bits per heavy atom. The highest BCUT2D eigenvalue weighted by atomic mass is 33.1. The smallest absolute Gasteiger partial charge is 0.0334 e. The Morgan fingerprint density at radius 3 is 2.33 bits per heavy atom. The summed E-state index contributed by atoms with van der Waals surface area (Å²) in [6, 6.07) is 0. The molecule has 0 aromatic rings. The first-order valence-electron chi connectivity index (χ1n) is 4.42. The molecule has 0 radical (unpaired) electrons. The van der Waals surface area contributed by atoms with E-state index in [1.807, 2.05) is 21.6 Å².